The molecule has 0 saturated carbocycles. The van der Waals surface area contributed by atoms with Crippen LogP contribution in [0.4, 0.5) is 0 Å². The SMILES string of the molecule is COCCOC(Oc1ccccc1)(OC(C)C)OC(C)C. The Kier molecular flexibility index (Phi) is 7.67. The van der Waals surface area contributed by atoms with E-state index in [9.17, 15) is 0 Å². The Morgan fingerprint density at radius 1 is 0.905 bits per heavy atom. The van der Waals surface area contributed by atoms with Gasteiger partial charge in [-0.25, -0.2) is 0 Å². The average Bonchev–Trinajstić information content (AvgIpc) is 2.38. The van der Waals surface area contributed by atoms with Gasteiger partial charge in [0.15, 0.2) is 0 Å². The van der Waals surface area contributed by atoms with Gasteiger partial charge in [-0.1, -0.05) is 18.2 Å². The summed E-state index contributed by atoms with van der Waals surface area (Å²) in [5.74, 6) is 0.608. The van der Waals surface area contributed by atoms with Crippen molar-refractivity contribution < 1.29 is 23.7 Å². The van der Waals surface area contributed by atoms with Crippen LogP contribution in [0.3, 0.4) is 0 Å². The van der Waals surface area contributed by atoms with Gasteiger partial charge >= 0.3 is 6.16 Å². The number of rotatable bonds is 10. The summed E-state index contributed by atoms with van der Waals surface area (Å²) in [7, 11) is 1.61. The Balaban J connectivity index is 2.90. The summed E-state index contributed by atoms with van der Waals surface area (Å²) in [6.07, 6.45) is -1.84. The Labute approximate surface area is 127 Å². The average molecular weight is 298 g/mol. The summed E-state index contributed by atoms with van der Waals surface area (Å²) in [5.41, 5.74) is 0. The minimum absolute atomic E-state index is 0.130. The van der Waals surface area contributed by atoms with Crippen LogP contribution in [0.5, 0.6) is 5.75 Å². The van der Waals surface area contributed by atoms with Crippen LogP contribution in [-0.2, 0) is 18.9 Å². The molecule has 5 nitrogen and oxygen atoms in total. The predicted molar refractivity (Wildman–Crippen MR) is 80.1 cm³/mol. The zero-order valence-corrected chi connectivity index (χ0v) is 13.5. The van der Waals surface area contributed by atoms with Crippen molar-refractivity contribution in [1.82, 2.24) is 0 Å². The molecule has 1 aromatic rings. The molecule has 21 heavy (non-hydrogen) atoms. The fourth-order valence-corrected chi connectivity index (χ4v) is 1.63. The van der Waals surface area contributed by atoms with E-state index in [1.807, 2.05) is 58.0 Å². The van der Waals surface area contributed by atoms with Gasteiger partial charge in [-0.2, -0.15) is 0 Å². The van der Waals surface area contributed by atoms with Gasteiger partial charge in [0.25, 0.3) is 0 Å². The highest BCUT2D eigenvalue weighted by atomic mass is 17.0. The number of hydrogen-bond acceptors (Lipinski definition) is 5. The van der Waals surface area contributed by atoms with E-state index in [0.29, 0.717) is 19.0 Å². The van der Waals surface area contributed by atoms with Crippen molar-refractivity contribution >= 4 is 0 Å². The molecule has 0 spiro atoms. The van der Waals surface area contributed by atoms with Crippen LogP contribution in [0.1, 0.15) is 27.7 Å². The first-order valence-electron chi connectivity index (χ1n) is 7.20. The third kappa shape index (κ3) is 6.91. The molecule has 0 aliphatic carbocycles. The maximum Gasteiger partial charge on any atom is 0.461 e. The van der Waals surface area contributed by atoms with Crippen LogP contribution >= 0.6 is 0 Å². The van der Waals surface area contributed by atoms with E-state index in [1.54, 1.807) is 7.11 Å². The van der Waals surface area contributed by atoms with Gasteiger partial charge < -0.3 is 9.47 Å². The van der Waals surface area contributed by atoms with E-state index < -0.39 is 6.16 Å². The monoisotopic (exact) mass is 298 g/mol. The molecule has 0 radical (unpaired) electrons. The van der Waals surface area contributed by atoms with Gasteiger partial charge in [-0.3, -0.25) is 14.2 Å². The molecule has 120 valence electrons. The maximum atomic E-state index is 5.85. The molecule has 5 heteroatoms. The molecular weight excluding hydrogens is 272 g/mol. The maximum absolute atomic E-state index is 5.85. The Bertz CT molecular complexity index is 368. The molecule has 0 bridgehead atoms. The first-order valence-corrected chi connectivity index (χ1v) is 7.20. The number of methoxy groups -OCH3 is 1. The highest BCUT2D eigenvalue weighted by Crippen LogP contribution is 2.25. The predicted octanol–water partition coefficient (Wildman–Crippen LogP) is 3.19. The van der Waals surface area contributed by atoms with Crippen molar-refractivity contribution in [3.63, 3.8) is 0 Å². The van der Waals surface area contributed by atoms with Gasteiger partial charge in [0.05, 0.1) is 25.4 Å². The van der Waals surface area contributed by atoms with Crippen LogP contribution in [0, 0.1) is 0 Å². The van der Waals surface area contributed by atoms with Crippen molar-refractivity contribution in [2.75, 3.05) is 20.3 Å². The lowest BCUT2D eigenvalue weighted by atomic mass is 10.3. The third-order valence-electron chi connectivity index (χ3n) is 2.31. The van der Waals surface area contributed by atoms with Crippen molar-refractivity contribution in [1.29, 1.82) is 0 Å². The van der Waals surface area contributed by atoms with Crippen LogP contribution in [0.25, 0.3) is 0 Å². The Morgan fingerprint density at radius 3 is 1.95 bits per heavy atom. The zero-order chi connectivity index (χ0) is 15.7. The van der Waals surface area contributed by atoms with Crippen molar-refractivity contribution in [3.8, 4) is 5.75 Å². The molecule has 0 atom stereocenters. The van der Waals surface area contributed by atoms with Crippen molar-refractivity contribution in [2.24, 2.45) is 0 Å². The van der Waals surface area contributed by atoms with Gasteiger partial charge in [0.1, 0.15) is 5.75 Å². The largest absolute Gasteiger partial charge is 0.461 e. The minimum Gasteiger partial charge on any atom is -0.416 e. The lowest BCUT2D eigenvalue weighted by Gasteiger charge is -2.35. The summed E-state index contributed by atoms with van der Waals surface area (Å²) >= 11 is 0. The molecule has 0 N–H and O–H groups in total. The molecule has 1 aromatic carbocycles. The van der Waals surface area contributed by atoms with Crippen molar-refractivity contribution in [3.05, 3.63) is 30.3 Å². The van der Waals surface area contributed by atoms with E-state index in [4.69, 9.17) is 23.7 Å². The van der Waals surface area contributed by atoms with Gasteiger partial charge in [-0.05, 0) is 39.8 Å². The van der Waals surface area contributed by atoms with Gasteiger partial charge in [-0.15, -0.1) is 0 Å². The first-order chi connectivity index (χ1) is 9.97. The quantitative estimate of drug-likeness (QED) is 0.490. The van der Waals surface area contributed by atoms with E-state index >= 15 is 0 Å². The molecule has 0 unspecified atom stereocenters. The van der Waals surface area contributed by atoms with Crippen LogP contribution < -0.4 is 4.74 Å². The fraction of sp³-hybridized carbons (Fsp3) is 0.625. The molecule has 1 rings (SSSR count). The first kappa shape index (κ1) is 17.9. The van der Waals surface area contributed by atoms with Crippen LogP contribution in [-0.4, -0.2) is 38.7 Å². The minimum atomic E-state index is -1.58. The van der Waals surface area contributed by atoms with Crippen LogP contribution in [0.15, 0.2) is 30.3 Å². The second-order valence-corrected chi connectivity index (χ2v) is 5.09. The number of ether oxygens (including phenoxy) is 5. The van der Waals surface area contributed by atoms with E-state index in [2.05, 4.69) is 0 Å². The van der Waals surface area contributed by atoms with E-state index in [1.165, 1.54) is 0 Å². The van der Waals surface area contributed by atoms with E-state index in [0.717, 1.165) is 0 Å². The second kappa shape index (κ2) is 9.00. The molecule has 0 aliphatic heterocycles. The lowest BCUT2D eigenvalue weighted by molar-refractivity contribution is -0.486. The van der Waals surface area contributed by atoms with Gasteiger partial charge in [0.2, 0.25) is 0 Å². The fourth-order valence-electron chi connectivity index (χ4n) is 1.63. The summed E-state index contributed by atoms with van der Waals surface area (Å²) in [5, 5.41) is 0. The Morgan fingerprint density at radius 2 is 1.48 bits per heavy atom. The molecule has 0 aliphatic rings. The normalized spacial score (nSPS) is 12.1. The third-order valence-corrected chi connectivity index (χ3v) is 2.31. The lowest BCUT2D eigenvalue weighted by Crippen LogP contribution is -2.49. The molecule has 0 amide bonds. The zero-order valence-electron chi connectivity index (χ0n) is 13.5. The van der Waals surface area contributed by atoms with Gasteiger partial charge in [0, 0.05) is 7.11 Å². The Hall–Kier alpha value is -1.14. The second-order valence-electron chi connectivity index (χ2n) is 5.09. The van der Waals surface area contributed by atoms with E-state index in [-0.39, 0.29) is 12.2 Å². The molecule has 0 heterocycles. The summed E-state index contributed by atoms with van der Waals surface area (Å²) in [6, 6.07) is 9.30. The molecule has 0 fully saturated rings. The molecule has 0 saturated heterocycles. The standard InChI is InChI=1S/C16H26O5/c1-13(2)19-16(20-14(3)4,18-12-11-17-5)21-15-9-7-6-8-10-15/h6-10,13-14H,11-12H2,1-5H3. The highest BCUT2D eigenvalue weighted by Gasteiger charge is 2.40. The molecular formula is C16H26O5. The highest BCUT2D eigenvalue weighted by molar-refractivity contribution is 5.21. The van der Waals surface area contributed by atoms with Crippen molar-refractivity contribution in [2.45, 2.75) is 46.1 Å². The van der Waals surface area contributed by atoms with Crippen LogP contribution in [0.2, 0.25) is 0 Å². The summed E-state index contributed by atoms with van der Waals surface area (Å²) in [6.45, 7) is 8.30. The number of hydrogen-bond donors (Lipinski definition) is 0. The number of para-hydroxylation sites is 1. The topological polar surface area (TPSA) is 46.2 Å². The summed E-state index contributed by atoms with van der Waals surface area (Å²) < 4.78 is 28.1. The summed E-state index contributed by atoms with van der Waals surface area (Å²) in [4.78, 5) is 0. The molecule has 0 aromatic heterocycles. The smallest absolute Gasteiger partial charge is 0.416 e. The number of benzene rings is 1.